The molecule has 0 radical (unpaired) electrons. The van der Waals surface area contributed by atoms with Crippen LogP contribution in [0.1, 0.15) is 28.7 Å². The zero-order chi connectivity index (χ0) is 19.0. The van der Waals surface area contributed by atoms with Gasteiger partial charge >= 0.3 is 0 Å². The molecule has 0 N–H and O–H groups in total. The van der Waals surface area contributed by atoms with Gasteiger partial charge in [0.25, 0.3) is 5.91 Å². The second kappa shape index (κ2) is 7.23. The summed E-state index contributed by atoms with van der Waals surface area (Å²) in [6, 6.07) is 7.88. The molecule has 1 amide bonds. The van der Waals surface area contributed by atoms with Crippen LogP contribution in [0.15, 0.2) is 24.3 Å². The van der Waals surface area contributed by atoms with Gasteiger partial charge in [-0.25, -0.2) is 0 Å². The van der Waals surface area contributed by atoms with E-state index in [4.69, 9.17) is 4.74 Å². The molecule has 0 fully saturated rings. The van der Waals surface area contributed by atoms with Crippen molar-refractivity contribution in [3.05, 3.63) is 41.2 Å². The number of aromatic nitrogens is 2. The van der Waals surface area contributed by atoms with E-state index in [2.05, 4.69) is 34.9 Å². The SMILES string of the molecule is CCN(C)Cc1cc2n(n1)CCN(C(=O)c1ccc3c(c1)OCCN3C)C2. The van der Waals surface area contributed by atoms with Crippen LogP contribution >= 0.6 is 0 Å². The lowest BCUT2D eigenvalue weighted by molar-refractivity contribution is 0.0705. The number of carbonyl (C=O) groups is 1. The van der Waals surface area contributed by atoms with Crippen molar-refractivity contribution in [2.45, 2.75) is 26.6 Å². The van der Waals surface area contributed by atoms with Crippen molar-refractivity contribution in [2.24, 2.45) is 0 Å². The summed E-state index contributed by atoms with van der Waals surface area (Å²) in [5.74, 6) is 0.843. The van der Waals surface area contributed by atoms with Crippen LogP contribution in [0.3, 0.4) is 0 Å². The molecule has 2 aliphatic heterocycles. The molecule has 1 aromatic heterocycles. The Hall–Kier alpha value is -2.54. The lowest BCUT2D eigenvalue weighted by Crippen LogP contribution is -2.38. The van der Waals surface area contributed by atoms with Crippen molar-refractivity contribution in [1.29, 1.82) is 0 Å². The molecule has 0 bridgehead atoms. The lowest BCUT2D eigenvalue weighted by Gasteiger charge is -2.30. The number of carbonyl (C=O) groups excluding carboxylic acids is 1. The first kappa shape index (κ1) is 17.9. The van der Waals surface area contributed by atoms with Crippen LogP contribution in [0.2, 0.25) is 0 Å². The topological polar surface area (TPSA) is 53.8 Å². The number of rotatable bonds is 4. The zero-order valence-electron chi connectivity index (χ0n) is 16.3. The summed E-state index contributed by atoms with van der Waals surface area (Å²) >= 11 is 0. The van der Waals surface area contributed by atoms with Crippen molar-refractivity contribution in [3.63, 3.8) is 0 Å². The minimum Gasteiger partial charge on any atom is -0.490 e. The quantitative estimate of drug-likeness (QED) is 0.823. The standard InChI is InChI=1S/C20H27N5O2/c1-4-22(2)13-16-12-17-14-24(7-8-25(17)21-16)20(26)15-5-6-18-19(11-15)27-10-9-23(18)3/h5-6,11-12H,4,7-10,13-14H2,1-3H3. The second-order valence-electron chi connectivity index (χ2n) is 7.36. The fourth-order valence-electron chi connectivity index (χ4n) is 3.64. The molecule has 7 nitrogen and oxygen atoms in total. The van der Waals surface area contributed by atoms with Crippen molar-refractivity contribution in [1.82, 2.24) is 19.6 Å². The van der Waals surface area contributed by atoms with Gasteiger partial charge in [-0.05, 0) is 37.9 Å². The minimum absolute atomic E-state index is 0.0503. The fourth-order valence-corrected chi connectivity index (χ4v) is 3.64. The second-order valence-corrected chi connectivity index (χ2v) is 7.36. The Morgan fingerprint density at radius 1 is 1.26 bits per heavy atom. The van der Waals surface area contributed by atoms with E-state index in [9.17, 15) is 4.79 Å². The number of hydrogen-bond acceptors (Lipinski definition) is 5. The first-order chi connectivity index (χ1) is 13.0. The average molecular weight is 369 g/mol. The van der Waals surface area contributed by atoms with Crippen molar-refractivity contribution >= 4 is 11.6 Å². The summed E-state index contributed by atoms with van der Waals surface area (Å²) in [4.78, 5) is 19.3. The van der Waals surface area contributed by atoms with Crippen LogP contribution in [-0.2, 0) is 19.6 Å². The molecule has 0 spiro atoms. The summed E-state index contributed by atoms with van der Waals surface area (Å²) in [5, 5.41) is 4.68. The summed E-state index contributed by atoms with van der Waals surface area (Å²) in [6.45, 7) is 7.49. The van der Waals surface area contributed by atoms with Gasteiger partial charge in [0.15, 0.2) is 0 Å². The van der Waals surface area contributed by atoms with Gasteiger partial charge in [-0.15, -0.1) is 0 Å². The van der Waals surface area contributed by atoms with Gasteiger partial charge in [0.2, 0.25) is 0 Å². The van der Waals surface area contributed by atoms with Gasteiger partial charge in [-0.1, -0.05) is 6.92 Å². The molecule has 7 heteroatoms. The van der Waals surface area contributed by atoms with Crippen molar-refractivity contribution in [2.75, 3.05) is 45.2 Å². The Bertz CT molecular complexity index is 847. The number of amides is 1. The van der Waals surface area contributed by atoms with E-state index in [1.807, 2.05) is 34.8 Å². The van der Waals surface area contributed by atoms with Crippen LogP contribution in [0.5, 0.6) is 5.75 Å². The van der Waals surface area contributed by atoms with Gasteiger partial charge in [0.05, 0.1) is 36.7 Å². The molecular weight excluding hydrogens is 342 g/mol. The van der Waals surface area contributed by atoms with E-state index >= 15 is 0 Å². The van der Waals surface area contributed by atoms with Gasteiger partial charge in [0, 0.05) is 25.7 Å². The Balaban J connectivity index is 1.49. The van der Waals surface area contributed by atoms with E-state index < -0.39 is 0 Å². The fraction of sp³-hybridized carbons (Fsp3) is 0.500. The lowest BCUT2D eigenvalue weighted by atomic mass is 10.1. The number of nitrogens with zero attached hydrogens (tertiary/aromatic N) is 5. The maximum absolute atomic E-state index is 13.0. The molecule has 0 unspecified atom stereocenters. The normalized spacial score (nSPS) is 16.1. The molecule has 0 aliphatic carbocycles. The summed E-state index contributed by atoms with van der Waals surface area (Å²) < 4.78 is 7.78. The summed E-state index contributed by atoms with van der Waals surface area (Å²) in [6.07, 6.45) is 0. The number of ether oxygens (including phenoxy) is 1. The Morgan fingerprint density at radius 2 is 2.11 bits per heavy atom. The highest BCUT2D eigenvalue weighted by Crippen LogP contribution is 2.32. The first-order valence-electron chi connectivity index (χ1n) is 9.56. The Kier molecular flexibility index (Phi) is 4.78. The molecule has 0 saturated heterocycles. The third-order valence-electron chi connectivity index (χ3n) is 5.41. The van der Waals surface area contributed by atoms with E-state index in [1.165, 1.54) is 0 Å². The molecule has 2 aliphatic rings. The maximum atomic E-state index is 13.0. The molecule has 3 heterocycles. The van der Waals surface area contributed by atoms with Gasteiger partial charge in [0.1, 0.15) is 12.4 Å². The predicted octanol–water partition coefficient (Wildman–Crippen LogP) is 1.82. The third-order valence-corrected chi connectivity index (χ3v) is 5.41. The van der Waals surface area contributed by atoms with Crippen molar-refractivity contribution < 1.29 is 9.53 Å². The Labute approximate surface area is 160 Å². The Morgan fingerprint density at radius 3 is 2.93 bits per heavy atom. The number of benzene rings is 1. The minimum atomic E-state index is 0.0503. The number of likely N-dealkylation sites (N-methyl/N-ethyl adjacent to an activating group) is 1. The smallest absolute Gasteiger partial charge is 0.254 e. The first-order valence-corrected chi connectivity index (χ1v) is 9.56. The summed E-state index contributed by atoms with van der Waals surface area (Å²) in [5.41, 5.74) is 3.89. The van der Waals surface area contributed by atoms with Gasteiger partial charge < -0.3 is 19.4 Å². The zero-order valence-corrected chi connectivity index (χ0v) is 16.3. The van der Waals surface area contributed by atoms with Crippen LogP contribution in [-0.4, -0.2) is 65.8 Å². The molecular formula is C20H27N5O2. The van der Waals surface area contributed by atoms with E-state index in [0.717, 1.165) is 49.0 Å². The van der Waals surface area contributed by atoms with Gasteiger partial charge in [-0.3, -0.25) is 9.48 Å². The van der Waals surface area contributed by atoms with Crippen LogP contribution < -0.4 is 9.64 Å². The largest absolute Gasteiger partial charge is 0.490 e. The molecule has 2 aromatic rings. The third kappa shape index (κ3) is 3.51. The van der Waals surface area contributed by atoms with E-state index in [1.54, 1.807) is 0 Å². The van der Waals surface area contributed by atoms with Crippen LogP contribution in [0.25, 0.3) is 0 Å². The molecule has 27 heavy (non-hydrogen) atoms. The van der Waals surface area contributed by atoms with Crippen LogP contribution in [0.4, 0.5) is 5.69 Å². The molecule has 144 valence electrons. The highest BCUT2D eigenvalue weighted by molar-refractivity contribution is 5.95. The number of fused-ring (bicyclic) bond motifs is 2. The molecule has 0 atom stereocenters. The van der Waals surface area contributed by atoms with Gasteiger partial charge in [-0.2, -0.15) is 5.10 Å². The molecule has 1 aromatic carbocycles. The predicted molar refractivity (Wildman–Crippen MR) is 104 cm³/mol. The van der Waals surface area contributed by atoms with Crippen molar-refractivity contribution in [3.8, 4) is 5.75 Å². The average Bonchev–Trinajstić information content (AvgIpc) is 3.08. The highest BCUT2D eigenvalue weighted by Gasteiger charge is 2.25. The molecule has 0 saturated carbocycles. The maximum Gasteiger partial charge on any atom is 0.254 e. The number of anilines is 1. The monoisotopic (exact) mass is 369 g/mol. The summed E-state index contributed by atoms with van der Waals surface area (Å²) in [7, 11) is 4.13. The van der Waals surface area contributed by atoms with E-state index in [0.29, 0.717) is 25.3 Å². The molecule has 4 rings (SSSR count). The van der Waals surface area contributed by atoms with E-state index in [-0.39, 0.29) is 5.91 Å². The van der Waals surface area contributed by atoms with Crippen LogP contribution in [0, 0.1) is 0 Å². The highest BCUT2D eigenvalue weighted by atomic mass is 16.5. The number of hydrogen-bond donors (Lipinski definition) is 0.